The van der Waals surface area contributed by atoms with Gasteiger partial charge in [0.1, 0.15) is 6.29 Å². The van der Waals surface area contributed by atoms with Gasteiger partial charge in [-0.05, 0) is 36.4 Å². The number of hydrogen-bond acceptors (Lipinski definition) is 4. The summed E-state index contributed by atoms with van der Waals surface area (Å²) in [6.07, 6.45) is 2.24. The normalized spacial score (nSPS) is 10.3. The van der Waals surface area contributed by atoms with Gasteiger partial charge in [-0.25, -0.2) is 0 Å². The van der Waals surface area contributed by atoms with Crippen LogP contribution >= 0.6 is 0 Å². The molecule has 1 aromatic heterocycles. The highest BCUT2D eigenvalue weighted by Crippen LogP contribution is 2.23. The molecule has 1 heterocycles. The van der Waals surface area contributed by atoms with Gasteiger partial charge in [0.2, 0.25) is 0 Å². The number of fused-ring (bicyclic) bond motifs is 1. The van der Waals surface area contributed by atoms with Gasteiger partial charge in [-0.1, -0.05) is 18.2 Å². The van der Waals surface area contributed by atoms with Gasteiger partial charge in [-0.15, -0.1) is 0 Å². The maximum absolute atomic E-state index is 12.1. The Labute approximate surface area is 133 Å². The predicted octanol–water partition coefficient (Wildman–Crippen LogP) is 2.91. The number of pyridine rings is 1. The molecule has 0 aliphatic carbocycles. The van der Waals surface area contributed by atoms with E-state index in [1.807, 2.05) is 48.5 Å². The number of aromatic nitrogens is 1. The van der Waals surface area contributed by atoms with Gasteiger partial charge >= 0.3 is 0 Å². The molecule has 2 N–H and O–H groups in total. The Kier molecular flexibility index (Phi) is 4.29. The van der Waals surface area contributed by atoms with Crippen LogP contribution in [0.15, 0.2) is 60.8 Å². The molecule has 114 valence electrons. The molecule has 2 aromatic carbocycles. The maximum atomic E-state index is 12.1. The molecule has 23 heavy (non-hydrogen) atoms. The van der Waals surface area contributed by atoms with Crippen LogP contribution < -0.4 is 10.6 Å². The second kappa shape index (κ2) is 6.70. The third kappa shape index (κ3) is 3.35. The van der Waals surface area contributed by atoms with E-state index in [1.165, 1.54) is 0 Å². The van der Waals surface area contributed by atoms with Crippen LogP contribution in [-0.2, 0) is 4.79 Å². The molecule has 3 aromatic rings. The van der Waals surface area contributed by atoms with Gasteiger partial charge in [0.05, 0.1) is 17.6 Å². The van der Waals surface area contributed by atoms with Gasteiger partial charge < -0.3 is 15.4 Å². The first-order valence-electron chi connectivity index (χ1n) is 7.20. The Morgan fingerprint density at radius 2 is 1.87 bits per heavy atom. The number of rotatable bonds is 5. The number of nitrogens with zero attached hydrogens (tertiary/aromatic N) is 1. The molecule has 0 unspecified atom stereocenters. The number of amides is 1. The topological polar surface area (TPSA) is 71.1 Å². The predicted molar refractivity (Wildman–Crippen MR) is 89.9 cm³/mol. The van der Waals surface area contributed by atoms with Gasteiger partial charge in [0, 0.05) is 23.0 Å². The number of hydrogen-bond donors (Lipinski definition) is 2. The van der Waals surface area contributed by atoms with Crippen LogP contribution in [0.2, 0.25) is 0 Å². The fourth-order valence-corrected chi connectivity index (χ4v) is 2.34. The fraction of sp³-hybridized carbons (Fsp3) is 0.0556. The molecule has 0 fully saturated rings. The quantitative estimate of drug-likeness (QED) is 0.711. The minimum absolute atomic E-state index is 0.00367. The van der Waals surface area contributed by atoms with Crippen LogP contribution in [0.3, 0.4) is 0 Å². The Morgan fingerprint density at radius 1 is 1.04 bits per heavy atom. The van der Waals surface area contributed by atoms with Crippen molar-refractivity contribution < 1.29 is 9.59 Å². The summed E-state index contributed by atoms with van der Waals surface area (Å²) in [6.45, 7) is -0.00367. The van der Waals surface area contributed by atoms with Crippen molar-refractivity contribution in [2.45, 2.75) is 0 Å². The smallest absolute Gasteiger partial charge is 0.252 e. The standard InChI is InChI=1S/C18H15N3O2/c22-11-10-20-18(23)16-8-9-19-17-12-14(6-7-15(16)17)21-13-4-2-1-3-5-13/h1-9,11-12,21H,10H2,(H,20,23). The van der Waals surface area contributed by atoms with E-state index in [1.54, 1.807) is 12.3 Å². The Morgan fingerprint density at radius 3 is 2.65 bits per heavy atom. The highest BCUT2D eigenvalue weighted by Gasteiger charge is 2.10. The molecular formula is C18H15N3O2. The molecule has 3 rings (SSSR count). The third-order valence-electron chi connectivity index (χ3n) is 3.40. The average molecular weight is 305 g/mol. The second-order valence-corrected chi connectivity index (χ2v) is 4.96. The SMILES string of the molecule is O=CCNC(=O)c1ccnc2cc(Nc3ccccc3)ccc12. The van der Waals surface area contributed by atoms with Crippen molar-refractivity contribution in [3.63, 3.8) is 0 Å². The highest BCUT2D eigenvalue weighted by molar-refractivity contribution is 6.06. The molecule has 5 nitrogen and oxygen atoms in total. The van der Waals surface area contributed by atoms with Crippen LogP contribution in [0.5, 0.6) is 0 Å². The molecule has 0 spiro atoms. The number of para-hydroxylation sites is 1. The molecule has 0 saturated carbocycles. The highest BCUT2D eigenvalue weighted by atomic mass is 16.2. The first-order valence-corrected chi connectivity index (χ1v) is 7.20. The van der Waals surface area contributed by atoms with Crippen molar-refractivity contribution in [2.24, 2.45) is 0 Å². The molecule has 0 saturated heterocycles. The van der Waals surface area contributed by atoms with E-state index in [0.29, 0.717) is 17.4 Å². The third-order valence-corrected chi connectivity index (χ3v) is 3.40. The zero-order chi connectivity index (χ0) is 16.1. The van der Waals surface area contributed by atoms with E-state index in [0.717, 1.165) is 16.8 Å². The zero-order valence-electron chi connectivity index (χ0n) is 12.3. The lowest BCUT2D eigenvalue weighted by Gasteiger charge is -2.09. The summed E-state index contributed by atoms with van der Waals surface area (Å²) in [5.41, 5.74) is 3.08. The van der Waals surface area contributed by atoms with E-state index in [2.05, 4.69) is 15.6 Å². The van der Waals surface area contributed by atoms with Crippen LogP contribution in [0.1, 0.15) is 10.4 Å². The molecule has 0 aliphatic heterocycles. The van der Waals surface area contributed by atoms with Crippen molar-refractivity contribution in [2.75, 3.05) is 11.9 Å². The summed E-state index contributed by atoms with van der Waals surface area (Å²) in [7, 11) is 0. The summed E-state index contributed by atoms with van der Waals surface area (Å²) in [5.74, 6) is -0.284. The van der Waals surface area contributed by atoms with E-state index in [4.69, 9.17) is 0 Å². The van der Waals surface area contributed by atoms with Gasteiger partial charge in [0.25, 0.3) is 5.91 Å². The number of carbonyl (C=O) groups is 2. The molecule has 0 aliphatic rings. The van der Waals surface area contributed by atoms with Crippen molar-refractivity contribution >= 4 is 34.5 Å². The number of nitrogens with one attached hydrogen (secondary N) is 2. The Bertz CT molecular complexity index is 847. The Hall–Kier alpha value is -3.21. The largest absolute Gasteiger partial charge is 0.355 e. The van der Waals surface area contributed by atoms with Gasteiger partial charge in [0.15, 0.2) is 0 Å². The number of aldehydes is 1. The van der Waals surface area contributed by atoms with Crippen LogP contribution in [0.4, 0.5) is 11.4 Å². The summed E-state index contributed by atoms with van der Waals surface area (Å²) in [5, 5.41) is 6.58. The maximum Gasteiger partial charge on any atom is 0.252 e. The van der Waals surface area contributed by atoms with Crippen molar-refractivity contribution in [1.82, 2.24) is 10.3 Å². The minimum atomic E-state index is -0.284. The Balaban J connectivity index is 1.92. The molecule has 5 heteroatoms. The summed E-state index contributed by atoms with van der Waals surface area (Å²) >= 11 is 0. The second-order valence-electron chi connectivity index (χ2n) is 4.96. The zero-order valence-corrected chi connectivity index (χ0v) is 12.3. The molecule has 1 amide bonds. The van der Waals surface area contributed by atoms with E-state index >= 15 is 0 Å². The summed E-state index contributed by atoms with van der Waals surface area (Å²) in [4.78, 5) is 26.8. The lowest BCUT2D eigenvalue weighted by atomic mass is 10.1. The molecule has 0 radical (unpaired) electrons. The van der Waals surface area contributed by atoms with Crippen molar-refractivity contribution in [3.05, 3.63) is 66.4 Å². The molecule has 0 atom stereocenters. The van der Waals surface area contributed by atoms with E-state index < -0.39 is 0 Å². The first kappa shape index (κ1) is 14.7. The molecule has 0 bridgehead atoms. The fourth-order valence-electron chi connectivity index (χ4n) is 2.34. The summed E-state index contributed by atoms with van der Waals surface area (Å²) < 4.78 is 0. The summed E-state index contributed by atoms with van der Waals surface area (Å²) in [6, 6.07) is 17.1. The van der Waals surface area contributed by atoms with Gasteiger partial charge in [-0.3, -0.25) is 9.78 Å². The molecular weight excluding hydrogens is 290 g/mol. The van der Waals surface area contributed by atoms with Crippen molar-refractivity contribution in [1.29, 1.82) is 0 Å². The number of anilines is 2. The van der Waals surface area contributed by atoms with Crippen molar-refractivity contribution in [3.8, 4) is 0 Å². The average Bonchev–Trinajstić information content (AvgIpc) is 2.60. The van der Waals surface area contributed by atoms with E-state index in [-0.39, 0.29) is 12.5 Å². The van der Waals surface area contributed by atoms with E-state index in [9.17, 15) is 9.59 Å². The lowest BCUT2D eigenvalue weighted by Crippen LogP contribution is -2.25. The minimum Gasteiger partial charge on any atom is -0.355 e. The van der Waals surface area contributed by atoms with Crippen LogP contribution in [0.25, 0.3) is 10.9 Å². The number of carbonyl (C=O) groups excluding carboxylic acids is 2. The van der Waals surface area contributed by atoms with Crippen LogP contribution in [-0.4, -0.2) is 23.7 Å². The monoisotopic (exact) mass is 305 g/mol. The van der Waals surface area contributed by atoms with Gasteiger partial charge in [-0.2, -0.15) is 0 Å². The first-order chi connectivity index (χ1) is 11.3. The van der Waals surface area contributed by atoms with Crippen LogP contribution in [0, 0.1) is 0 Å². The lowest BCUT2D eigenvalue weighted by molar-refractivity contribution is -0.107. The number of benzene rings is 2.